The Kier molecular flexibility index (Phi) is 7.77. The van der Waals surface area contributed by atoms with Crippen molar-refractivity contribution in [1.82, 2.24) is 5.43 Å². The molecular weight excluding hydrogens is 560 g/mol. The molecule has 2 N–H and O–H groups in total. The SMILES string of the molecule is O=C(N/N=C/C(c1ccccc1)c1cc(Br)c(O)c(Br)c1)c1cccc(Oc2ccccc2)c1. The van der Waals surface area contributed by atoms with Crippen molar-refractivity contribution in [3.05, 3.63) is 123 Å². The van der Waals surface area contributed by atoms with Crippen molar-refractivity contribution >= 4 is 44.0 Å². The molecule has 1 amide bonds. The molecule has 0 saturated heterocycles. The number of phenols is 1. The van der Waals surface area contributed by atoms with E-state index in [0.717, 1.165) is 11.1 Å². The van der Waals surface area contributed by atoms with Crippen LogP contribution in [-0.2, 0) is 0 Å². The van der Waals surface area contributed by atoms with E-state index in [9.17, 15) is 9.90 Å². The van der Waals surface area contributed by atoms with Gasteiger partial charge in [-0.3, -0.25) is 4.79 Å². The number of phenolic OH excluding ortho intramolecular Hbond substituents is 1. The summed E-state index contributed by atoms with van der Waals surface area (Å²) in [5.74, 6) is 0.772. The first kappa shape index (κ1) is 23.7. The molecule has 4 aromatic carbocycles. The molecule has 0 saturated carbocycles. The van der Waals surface area contributed by atoms with Crippen molar-refractivity contribution in [3.8, 4) is 17.2 Å². The standard InChI is InChI=1S/C27H20Br2N2O3/c28-24-15-20(16-25(29)26(24)32)23(18-8-3-1-4-9-18)17-30-31-27(33)19-10-7-13-22(14-19)34-21-11-5-2-6-12-21/h1-17,23,32H,(H,31,33)/b30-17+. The van der Waals surface area contributed by atoms with Crippen LogP contribution in [0.5, 0.6) is 17.2 Å². The Balaban J connectivity index is 1.53. The molecule has 0 heterocycles. The third-order valence-electron chi connectivity index (χ3n) is 5.02. The number of hydrogen-bond donors (Lipinski definition) is 2. The molecule has 4 rings (SSSR count). The van der Waals surface area contributed by atoms with Crippen LogP contribution in [0, 0.1) is 0 Å². The molecule has 0 aliphatic carbocycles. The summed E-state index contributed by atoms with van der Waals surface area (Å²) in [6.07, 6.45) is 1.67. The van der Waals surface area contributed by atoms with Crippen LogP contribution in [-0.4, -0.2) is 17.2 Å². The number of rotatable bonds is 7. The minimum atomic E-state index is -0.352. The van der Waals surface area contributed by atoms with Gasteiger partial charge in [-0.25, -0.2) is 5.43 Å². The molecule has 170 valence electrons. The van der Waals surface area contributed by atoms with Crippen LogP contribution in [0.25, 0.3) is 0 Å². The van der Waals surface area contributed by atoms with Crippen LogP contribution < -0.4 is 10.2 Å². The molecule has 7 heteroatoms. The van der Waals surface area contributed by atoms with Crippen LogP contribution >= 0.6 is 31.9 Å². The van der Waals surface area contributed by atoms with Gasteiger partial charge in [0.15, 0.2) is 0 Å². The van der Waals surface area contributed by atoms with Gasteiger partial charge in [0.1, 0.15) is 17.2 Å². The minimum Gasteiger partial charge on any atom is -0.506 e. The van der Waals surface area contributed by atoms with Gasteiger partial charge in [0.25, 0.3) is 5.91 Å². The summed E-state index contributed by atoms with van der Waals surface area (Å²) in [6.45, 7) is 0. The van der Waals surface area contributed by atoms with Gasteiger partial charge in [0.2, 0.25) is 0 Å². The van der Waals surface area contributed by atoms with E-state index in [0.29, 0.717) is 26.0 Å². The third-order valence-corrected chi connectivity index (χ3v) is 6.23. The van der Waals surface area contributed by atoms with Crippen molar-refractivity contribution in [2.24, 2.45) is 5.10 Å². The van der Waals surface area contributed by atoms with E-state index in [4.69, 9.17) is 4.74 Å². The first-order valence-electron chi connectivity index (χ1n) is 10.4. The van der Waals surface area contributed by atoms with Gasteiger partial charge >= 0.3 is 0 Å². The lowest BCUT2D eigenvalue weighted by Crippen LogP contribution is -2.18. The number of hydrazone groups is 1. The molecule has 0 aliphatic heterocycles. The smallest absolute Gasteiger partial charge is 0.271 e. The fourth-order valence-electron chi connectivity index (χ4n) is 3.35. The normalized spacial score (nSPS) is 11.8. The first-order chi connectivity index (χ1) is 16.5. The topological polar surface area (TPSA) is 70.9 Å². The van der Waals surface area contributed by atoms with Gasteiger partial charge < -0.3 is 9.84 Å². The molecule has 0 aliphatic rings. The largest absolute Gasteiger partial charge is 0.506 e. The second-order valence-electron chi connectivity index (χ2n) is 7.38. The summed E-state index contributed by atoms with van der Waals surface area (Å²) in [5, 5.41) is 14.3. The van der Waals surface area contributed by atoms with E-state index < -0.39 is 0 Å². The van der Waals surface area contributed by atoms with E-state index in [2.05, 4.69) is 42.4 Å². The van der Waals surface area contributed by atoms with Gasteiger partial charge in [0, 0.05) is 17.7 Å². The maximum absolute atomic E-state index is 12.7. The number of amides is 1. The lowest BCUT2D eigenvalue weighted by molar-refractivity contribution is 0.0954. The van der Waals surface area contributed by atoms with Crippen molar-refractivity contribution in [3.63, 3.8) is 0 Å². The molecule has 5 nitrogen and oxygen atoms in total. The summed E-state index contributed by atoms with van der Waals surface area (Å²) in [4.78, 5) is 12.7. The predicted octanol–water partition coefficient (Wildman–Crippen LogP) is 7.26. The van der Waals surface area contributed by atoms with Crippen LogP contribution in [0.3, 0.4) is 0 Å². The summed E-state index contributed by atoms with van der Waals surface area (Å²) >= 11 is 6.77. The predicted molar refractivity (Wildman–Crippen MR) is 141 cm³/mol. The number of halogens is 2. The summed E-state index contributed by atoms with van der Waals surface area (Å²) in [5.41, 5.74) is 4.91. The highest BCUT2D eigenvalue weighted by Crippen LogP contribution is 2.36. The minimum absolute atomic E-state index is 0.124. The monoisotopic (exact) mass is 578 g/mol. The zero-order valence-corrected chi connectivity index (χ0v) is 21.0. The molecular formula is C27H20Br2N2O3. The lowest BCUT2D eigenvalue weighted by Gasteiger charge is -2.15. The van der Waals surface area contributed by atoms with E-state index in [1.165, 1.54) is 0 Å². The van der Waals surface area contributed by atoms with Crippen molar-refractivity contribution < 1.29 is 14.6 Å². The second-order valence-corrected chi connectivity index (χ2v) is 9.09. The maximum Gasteiger partial charge on any atom is 0.271 e. The first-order valence-corrected chi connectivity index (χ1v) is 12.0. The van der Waals surface area contributed by atoms with Gasteiger partial charge in [-0.1, -0.05) is 54.6 Å². The Morgan fingerprint density at radius 1 is 0.824 bits per heavy atom. The highest BCUT2D eigenvalue weighted by Gasteiger charge is 2.16. The van der Waals surface area contributed by atoms with Crippen molar-refractivity contribution in [1.29, 1.82) is 0 Å². The Morgan fingerprint density at radius 2 is 1.44 bits per heavy atom. The molecule has 0 radical (unpaired) electrons. The van der Waals surface area contributed by atoms with E-state index in [1.807, 2.05) is 72.8 Å². The summed E-state index contributed by atoms with van der Waals surface area (Å²) < 4.78 is 6.93. The zero-order valence-electron chi connectivity index (χ0n) is 17.9. The van der Waals surface area contributed by atoms with E-state index >= 15 is 0 Å². The van der Waals surface area contributed by atoms with Crippen LogP contribution in [0.15, 0.2) is 111 Å². The van der Waals surface area contributed by atoms with Gasteiger partial charge in [0.05, 0.1) is 8.95 Å². The highest BCUT2D eigenvalue weighted by molar-refractivity contribution is 9.11. The van der Waals surface area contributed by atoms with Gasteiger partial charge in [-0.05, 0) is 85.5 Å². The Bertz CT molecular complexity index is 1290. The number of aromatic hydroxyl groups is 1. The molecule has 0 bridgehead atoms. The van der Waals surface area contributed by atoms with Crippen LogP contribution in [0.4, 0.5) is 0 Å². The highest BCUT2D eigenvalue weighted by atomic mass is 79.9. The Labute approximate surface area is 214 Å². The number of carbonyl (C=O) groups excluding carboxylic acids is 1. The molecule has 0 spiro atoms. The van der Waals surface area contributed by atoms with Crippen LogP contribution in [0.2, 0.25) is 0 Å². The van der Waals surface area contributed by atoms with E-state index in [-0.39, 0.29) is 17.6 Å². The molecule has 1 unspecified atom stereocenters. The van der Waals surface area contributed by atoms with Crippen molar-refractivity contribution in [2.45, 2.75) is 5.92 Å². The number of para-hydroxylation sites is 1. The maximum atomic E-state index is 12.7. The van der Waals surface area contributed by atoms with Crippen LogP contribution in [0.1, 0.15) is 27.4 Å². The molecule has 0 aromatic heterocycles. The number of nitrogens with zero attached hydrogens (tertiary/aromatic N) is 1. The average Bonchev–Trinajstić information content (AvgIpc) is 2.86. The Morgan fingerprint density at radius 3 is 2.12 bits per heavy atom. The lowest BCUT2D eigenvalue weighted by atomic mass is 9.92. The number of carbonyl (C=O) groups is 1. The fourth-order valence-corrected chi connectivity index (χ4v) is 4.57. The summed E-state index contributed by atoms with van der Waals surface area (Å²) in [6, 6.07) is 29.7. The van der Waals surface area contributed by atoms with Crippen molar-refractivity contribution in [2.75, 3.05) is 0 Å². The fraction of sp³-hybridized carbons (Fsp3) is 0.0370. The molecule has 4 aromatic rings. The molecule has 0 fully saturated rings. The second kappa shape index (κ2) is 11.1. The number of ether oxygens (including phenoxy) is 1. The van der Waals surface area contributed by atoms with E-state index in [1.54, 1.807) is 30.5 Å². The Hall–Kier alpha value is -3.42. The number of benzene rings is 4. The van der Waals surface area contributed by atoms with Gasteiger partial charge in [-0.15, -0.1) is 0 Å². The quantitative estimate of drug-likeness (QED) is 0.179. The third kappa shape index (κ3) is 5.92. The number of hydrogen-bond acceptors (Lipinski definition) is 4. The average molecular weight is 580 g/mol. The molecule has 34 heavy (non-hydrogen) atoms. The molecule has 1 atom stereocenters. The number of nitrogens with one attached hydrogen (secondary N) is 1. The zero-order chi connectivity index (χ0) is 23.9. The van der Waals surface area contributed by atoms with Gasteiger partial charge in [-0.2, -0.15) is 5.10 Å². The summed E-state index contributed by atoms with van der Waals surface area (Å²) in [7, 11) is 0.